The molecule has 24 heavy (non-hydrogen) atoms. The molecule has 0 saturated heterocycles. The predicted molar refractivity (Wildman–Crippen MR) is 89.3 cm³/mol. The van der Waals surface area contributed by atoms with Crippen LogP contribution in [-0.4, -0.2) is 33.4 Å². The maximum atomic E-state index is 12.0. The summed E-state index contributed by atoms with van der Waals surface area (Å²) in [5.74, 6) is -1.16. The first-order chi connectivity index (χ1) is 11.3. The summed E-state index contributed by atoms with van der Waals surface area (Å²) in [6.45, 7) is 5.18. The molecule has 2 N–H and O–H groups in total. The molecule has 2 aromatic rings. The van der Waals surface area contributed by atoms with Gasteiger partial charge in [-0.05, 0) is 38.5 Å². The van der Waals surface area contributed by atoms with Crippen LogP contribution >= 0.6 is 0 Å². The Balaban J connectivity index is 1.94. The third-order valence-electron chi connectivity index (χ3n) is 3.86. The van der Waals surface area contributed by atoms with Gasteiger partial charge < -0.3 is 15.2 Å². The van der Waals surface area contributed by atoms with Crippen molar-refractivity contribution in [2.45, 2.75) is 26.7 Å². The number of ether oxygens (including phenoxy) is 1. The Labute approximate surface area is 140 Å². The lowest BCUT2D eigenvalue weighted by Crippen LogP contribution is -2.20. The number of aliphatic carboxylic acids is 1. The Morgan fingerprint density at radius 2 is 1.92 bits per heavy atom. The predicted octanol–water partition coefficient (Wildman–Crippen LogP) is 2.24. The number of anilines is 1. The number of aromatic nitrogens is 2. The summed E-state index contributed by atoms with van der Waals surface area (Å²) in [6, 6.07) is 6.72. The summed E-state index contributed by atoms with van der Waals surface area (Å²) < 4.78 is 7.24. The fraction of sp³-hybridized carbons (Fsp3) is 0.353. The van der Waals surface area contributed by atoms with E-state index in [1.165, 1.54) is 0 Å². The van der Waals surface area contributed by atoms with Gasteiger partial charge in [0.2, 0.25) is 0 Å². The van der Waals surface area contributed by atoms with Crippen molar-refractivity contribution in [1.82, 2.24) is 9.78 Å². The maximum absolute atomic E-state index is 12.0. The van der Waals surface area contributed by atoms with E-state index in [9.17, 15) is 9.59 Å². The lowest BCUT2D eigenvalue weighted by Gasteiger charge is -2.10. The number of nitrogens with one attached hydrogen (secondary N) is 1. The second-order valence-electron chi connectivity index (χ2n) is 5.64. The number of rotatable bonds is 6. The molecule has 0 saturated carbocycles. The van der Waals surface area contributed by atoms with E-state index in [1.54, 1.807) is 35.9 Å². The van der Waals surface area contributed by atoms with Gasteiger partial charge in [-0.15, -0.1) is 0 Å². The van der Waals surface area contributed by atoms with Crippen molar-refractivity contribution in [3.63, 3.8) is 0 Å². The second-order valence-corrected chi connectivity index (χ2v) is 5.64. The minimum Gasteiger partial charge on any atom is -0.481 e. The Morgan fingerprint density at radius 1 is 1.29 bits per heavy atom. The molecule has 1 unspecified atom stereocenters. The number of carbonyl (C=O) groups is 2. The van der Waals surface area contributed by atoms with E-state index in [0.717, 1.165) is 11.4 Å². The number of benzene rings is 1. The molecule has 0 fully saturated rings. The summed E-state index contributed by atoms with van der Waals surface area (Å²) in [6.07, 6.45) is 0. The Bertz CT molecular complexity index is 750. The molecule has 128 valence electrons. The molecule has 0 aliphatic rings. The topological polar surface area (TPSA) is 93.5 Å². The van der Waals surface area contributed by atoms with E-state index >= 15 is 0 Å². The lowest BCUT2D eigenvalue weighted by molar-refractivity contribution is -0.138. The van der Waals surface area contributed by atoms with Crippen LogP contribution in [0.3, 0.4) is 0 Å². The summed E-state index contributed by atoms with van der Waals surface area (Å²) in [7, 11) is 1.81. The molecular formula is C17H21N3O4. The standard InChI is InChI=1S/C17H21N3O4/c1-10(17(22)23)13-5-7-14(8-6-13)18-15(21)9-24-16-11(2)19-20(4)12(16)3/h5-8,10H,9H2,1-4H3,(H,18,21)(H,22,23). The van der Waals surface area contributed by atoms with Crippen LogP contribution in [0.25, 0.3) is 0 Å². The van der Waals surface area contributed by atoms with Crippen molar-refractivity contribution in [2.24, 2.45) is 7.05 Å². The van der Waals surface area contributed by atoms with E-state index in [2.05, 4.69) is 10.4 Å². The molecule has 0 aliphatic heterocycles. The van der Waals surface area contributed by atoms with E-state index in [1.807, 2.05) is 20.9 Å². The molecule has 1 heterocycles. The van der Waals surface area contributed by atoms with E-state index in [-0.39, 0.29) is 12.5 Å². The van der Waals surface area contributed by atoms with Crippen molar-refractivity contribution in [2.75, 3.05) is 11.9 Å². The largest absolute Gasteiger partial charge is 0.481 e. The van der Waals surface area contributed by atoms with Gasteiger partial charge in [0.05, 0.1) is 11.6 Å². The zero-order valence-electron chi connectivity index (χ0n) is 14.2. The molecule has 2 rings (SSSR count). The van der Waals surface area contributed by atoms with Gasteiger partial charge in [-0.2, -0.15) is 5.10 Å². The van der Waals surface area contributed by atoms with Gasteiger partial charge in [0, 0.05) is 12.7 Å². The van der Waals surface area contributed by atoms with Crippen LogP contribution in [0.4, 0.5) is 5.69 Å². The van der Waals surface area contributed by atoms with Crippen LogP contribution in [0.2, 0.25) is 0 Å². The SMILES string of the molecule is Cc1nn(C)c(C)c1OCC(=O)Nc1ccc(C(C)C(=O)O)cc1. The minimum atomic E-state index is -0.887. The second kappa shape index (κ2) is 7.16. The first-order valence-corrected chi connectivity index (χ1v) is 7.55. The summed E-state index contributed by atoms with van der Waals surface area (Å²) in [4.78, 5) is 22.9. The Kier molecular flexibility index (Phi) is 5.23. The molecule has 0 radical (unpaired) electrons. The van der Waals surface area contributed by atoms with Crippen molar-refractivity contribution in [3.05, 3.63) is 41.2 Å². The number of carboxylic acid groups (broad SMARTS) is 1. The maximum Gasteiger partial charge on any atom is 0.310 e. The highest BCUT2D eigenvalue weighted by atomic mass is 16.5. The van der Waals surface area contributed by atoms with Gasteiger partial charge in [-0.25, -0.2) is 0 Å². The van der Waals surface area contributed by atoms with Crippen molar-refractivity contribution >= 4 is 17.6 Å². The van der Waals surface area contributed by atoms with Gasteiger partial charge in [-0.1, -0.05) is 12.1 Å². The molecule has 0 aliphatic carbocycles. The molecule has 7 nitrogen and oxygen atoms in total. The van der Waals surface area contributed by atoms with Crippen LogP contribution in [-0.2, 0) is 16.6 Å². The monoisotopic (exact) mass is 331 g/mol. The van der Waals surface area contributed by atoms with E-state index in [4.69, 9.17) is 9.84 Å². The van der Waals surface area contributed by atoms with Crippen molar-refractivity contribution in [1.29, 1.82) is 0 Å². The molecule has 0 spiro atoms. The number of carboxylic acids is 1. The van der Waals surface area contributed by atoms with Gasteiger partial charge in [0.25, 0.3) is 5.91 Å². The number of amides is 1. The number of carbonyl (C=O) groups excluding carboxylic acids is 1. The van der Waals surface area contributed by atoms with Gasteiger partial charge in [0.15, 0.2) is 12.4 Å². The summed E-state index contributed by atoms with van der Waals surface area (Å²) >= 11 is 0. The lowest BCUT2D eigenvalue weighted by atomic mass is 10.0. The molecule has 0 bridgehead atoms. The van der Waals surface area contributed by atoms with Gasteiger partial charge in [0.1, 0.15) is 5.69 Å². The molecule has 1 aromatic carbocycles. The average Bonchev–Trinajstić information content (AvgIpc) is 2.78. The normalized spacial score (nSPS) is 11.8. The minimum absolute atomic E-state index is 0.124. The fourth-order valence-corrected chi connectivity index (χ4v) is 2.30. The zero-order chi connectivity index (χ0) is 17.9. The van der Waals surface area contributed by atoms with Gasteiger partial charge in [-0.3, -0.25) is 14.3 Å². The van der Waals surface area contributed by atoms with Crippen LogP contribution in [0.1, 0.15) is 29.8 Å². The van der Waals surface area contributed by atoms with E-state index in [0.29, 0.717) is 17.0 Å². The van der Waals surface area contributed by atoms with Crippen molar-refractivity contribution < 1.29 is 19.4 Å². The highest BCUT2D eigenvalue weighted by Crippen LogP contribution is 2.21. The smallest absolute Gasteiger partial charge is 0.310 e. The Morgan fingerprint density at radius 3 is 2.42 bits per heavy atom. The third-order valence-corrected chi connectivity index (χ3v) is 3.86. The number of hydrogen-bond acceptors (Lipinski definition) is 4. The van der Waals surface area contributed by atoms with Crippen molar-refractivity contribution in [3.8, 4) is 5.75 Å². The zero-order valence-corrected chi connectivity index (χ0v) is 14.2. The summed E-state index contributed by atoms with van der Waals surface area (Å²) in [5.41, 5.74) is 2.85. The van der Waals surface area contributed by atoms with Crippen LogP contribution in [0, 0.1) is 13.8 Å². The fourth-order valence-electron chi connectivity index (χ4n) is 2.30. The number of aryl methyl sites for hydroxylation is 2. The number of nitrogens with zero attached hydrogens (tertiary/aromatic N) is 2. The quantitative estimate of drug-likeness (QED) is 0.847. The highest BCUT2D eigenvalue weighted by Gasteiger charge is 2.14. The molecule has 1 atom stereocenters. The first kappa shape index (κ1) is 17.5. The highest BCUT2D eigenvalue weighted by molar-refractivity contribution is 5.92. The van der Waals surface area contributed by atoms with Crippen LogP contribution in [0.15, 0.2) is 24.3 Å². The molecule has 7 heteroatoms. The first-order valence-electron chi connectivity index (χ1n) is 7.55. The number of hydrogen-bond donors (Lipinski definition) is 2. The van der Waals surface area contributed by atoms with Gasteiger partial charge >= 0.3 is 5.97 Å². The molecule has 1 amide bonds. The van der Waals surface area contributed by atoms with Crippen LogP contribution in [0.5, 0.6) is 5.75 Å². The molecule has 1 aromatic heterocycles. The van der Waals surface area contributed by atoms with E-state index < -0.39 is 11.9 Å². The summed E-state index contributed by atoms with van der Waals surface area (Å²) in [5, 5.41) is 15.9. The third kappa shape index (κ3) is 3.92. The Hall–Kier alpha value is -2.83. The van der Waals surface area contributed by atoms with Crippen LogP contribution < -0.4 is 10.1 Å². The average molecular weight is 331 g/mol. The molecular weight excluding hydrogens is 310 g/mol.